The second-order valence-corrected chi connectivity index (χ2v) is 17.7. The average molecular weight is 890 g/mol. The summed E-state index contributed by atoms with van der Waals surface area (Å²) in [6.45, 7) is 6.30. The predicted octanol–water partition coefficient (Wildman–Crippen LogP) is 16.1. The number of aliphatic hydroxyl groups is 2. The van der Waals surface area contributed by atoms with E-state index in [1.165, 1.54) is 128 Å². The number of esters is 1. The third-order valence-electron chi connectivity index (χ3n) is 11.6. The molecule has 0 saturated heterocycles. The standard InChI is InChI=1S/C58H99NO5/c1-4-7-10-13-16-19-22-25-27-28-30-33-35-38-41-44-47-50-56(61)55(53-60)59-57(62)52-54(49-46-43-40-37-34-32-29-26-23-20-17-14-11-8-5-2)64-58(63)51-48-45-42-39-36-31-24-21-18-15-12-9-6-3/h8,11,14,17,20,23,26,29,31-32,34,36-37,40,42,45,54-56,60-61H,4-7,9-10,12-13,15-16,18-19,21-22,24-25,27-28,30,33,35,38-39,41,43-44,46-53H2,1-3H3,(H,59,62)/b11-8-,17-14+,23-20+,29-26-,34-32+,36-31-,40-37+,45-42+. The maximum Gasteiger partial charge on any atom is 0.306 e. The highest BCUT2D eigenvalue weighted by atomic mass is 16.5. The van der Waals surface area contributed by atoms with Gasteiger partial charge in [0, 0.05) is 6.42 Å². The van der Waals surface area contributed by atoms with E-state index >= 15 is 0 Å². The Morgan fingerprint density at radius 3 is 1.42 bits per heavy atom. The Morgan fingerprint density at radius 2 is 0.922 bits per heavy atom. The molecule has 0 aliphatic heterocycles. The molecule has 0 spiro atoms. The monoisotopic (exact) mass is 890 g/mol. The lowest BCUT2D eigenvalue weighted by molar-refractivity contribution is -0.150. The Balaban J connectivity index is 4.73. The SMILES string of the molecule is CC\C=C/C=C/C=C/C=C\C=C\C=C\CCCC(CC(=O)NC(CO)C(O)CCCCCCCCCCCCCCCCCCC)OC(=O)CC/C=C/C/C=C\CCCCCCCC. The Hall–Kier alpha value is -3.22. The average Bonchev–Trinajstić information content (AvgIpc) is 3.29. The lowest BCUT2D eigenvalue weighted by Gasteiger charge is -2.24. The van der Waals surface area contributed by atoms with Gasteiger partial charge < -0.3 is 20.3 Å². The highest BCUT2D eigenvalue weighted by molar-refractivity contribution is 5.77. The lowest BCUT2D eigenvalue weighted by Crippen LogP contribution is -2.46. The van der Waals surface area contributed by atoms with Crippen molar-refractivity contribution in [3.05, 3.63) is 97.2 Å². The number of amides is 1. The molecule has 3 N–H and O–H groups in total. The van der Waals surface area contributed by atoms with Crippen LogP contribution in [-0.2, 0) is 14.3 Å². The van der Waals surface area contributed by atoms with Crippen molar-refractivity contribution >= 4 is 11.9 Å². The van der Waals surface area contributed by atoms with Crippen molar-refractivity contribution in [1.82, 2.24) is 5.32 Å². The molecule has 0 heterocycles. The second kappa shape index (κ2) is 50.8. The molecule has 3 unspecified atom stereocenters. The van der Waals surface area contributed by atoms with Crippen molar-refractivity contribution in [2.75, 3.05) is 6.61 Å². The summed E-state index contributed by atoms with van der Waals surface area (Å²) in [6.07, 6.45) is 67.7. The fraction of sp³-hybridized carbons (Fsp3) is 0.690. The number of nitrogens with one attached hydrogen (secondary N) is 1. The molecule has 0 aliphatic carbocycles. The largest absolute Gasteiger partial charge is 0.462 e. The topological polar surface area (TPSA) is 95.9 Å². The van der Waals surface area contributed by atoms with E-state index in [9.17, 15) is 19.8 Å². The molecule has 0 aromatic rings. The van der Waals surface area contributed by atoms with Gasteiger partial charge in [0.05, 0.1) is 25.2 Å². The number of ether oxygens (including phenoxy) is 1. The molecule has 0 aliphatic rings. The Kier molecular flexibility index (Phi) is 48.2. The Bertz CT molecular complexity index is 1270. The summed E-state index contributed by atoms with van der Waals surface area (Å²) < 4.78 is 5.85. The minimum Gasteiger partial charge on any atom is -0.462 e. The third kappa shape index (κ3) is 45.4. The fourth-order valence-electron chi connectivity index (χ4n) is 7.58. The molecule has 366 valence electrons. The third-order valence-corrected chi connectivity index (χ3v) is 11.6. The maximum atomic E-state index is 13.2. The van der Waals surface area contributed by atoms with E-state index in [1.54, 1.807) is 0 Å². The van der Waals surface area contributed by atoms with Crippen LogP contribution in [0.15, 0.2) is 97.2 Å². The van der Waals surface area contributed by atoms with Gasteiger partial charge in [0.25, 0.3) is 0 Å². The van der Waals surface area contributed by atoms with Crippen molar-refractivity contribution in [3.63, 3.8) is 0 Å². The summed E-state index contributed by atoms with van der Waals surface area (Å²) in [5, 5.41) is 23.8. The van der Waals surface area contributed by atoms with Crippen molar-refractivity contribution < 1.29 is 24.5 Å². The molecule has 0 rings (SSSR count). The lowest BCUT2D eigenvalue weighted by atomic mass is 10.0. The first-order valence-corrected chi connectivity index (χ1v) is 26.5. The molecule has 64 heavy (non-hydrogen) atoms. The van der Waals surface area contributed by atoms with Gasteiger partial charge in [-0.25, -0.2) is 0 Å². The van der Waals surface area contributed by atoms with Crippen LogP contribution in [0.3, 0.4) is 0 Å². The smallest absolute Gasteiger partial charge is 0.306 e. The zero-order valence-corrected chi connectivity index (χ0v) is 41.6. The van der Waals surface area contributed by atoms with Crippen molar-refractivity contribution in [2.24, 2.45) is 0 Å². The fourth-order valence-corrected chi connectivity index (χ4v) is 7.58. The molecule has 0 bridgehead atoms. The zero-order chi connectivity index (χ0) is 46.7. The van der Waals surface area contributed by atoms with Crippen LogP contribution in [0.25, 0.3) is 0 Å². The quantitative estimate of drug-likeness (QED) is 0.0245. The molecular formula is C58H99NO5. The summed E-state index contributed by atoms with van der Waals surface area (Å²) in [5.74, 6) is -0.635. The van der Waals surface area contributed by atoms with Gasteiger partial charge in [-0.2, -0.15) is 0 Å². The van der Waals surface area contributed by atoms with Gasteiger partial charge >= 0.3 is 5.97 Å². The van der Waals surface area contributed by atoms with Crippen LogP contribution >= 0.6 is 0 Å². The van der Waals surface area contributed by atoms with Gasteiger partial charge in [-0.15, -0.1) is 0 Å². The maximum absolute atomic E-state index is 13.2. The molecule has 6 heteroatoms. The van der Waals surface area contributed by atoms with Crippen LogP contribution in [0, 0.1) is 0 Å². The van der Waals surface area contributed by atoms with Crippen LogP contribution in [0.2, 0.25) is 0 Å². The van der Waals surface area contributed by atoms with E-state index in [1.807, 2.05) is 66.8 Å². The minimum absolute atomic E-state index is 0.000663. The number of allylic oxidation sites excluding steroid dienone is 16. The number of aliphatic hydroxyl groups excluding tert-OH is 2. The molecule has 3 atom stereocenters. The van der Waals surface area contributed by atoms with Gasteiger partial charge in [0.15, 0.2) is 0 Å². The van der Waals surface area contributed by atoms with E-state index in [0.717, 1.165) is 51.4 Å². The molecule has 1 amide bonds. The predicted molar refractivity (Wildman–Crippen MR) is 277 cm³/mol. The van der Waals surface area contributed by atoms with Crippen LogP contribution < -0.4 is 5.32 Å². The highest BCUT2D eigenvalue weighted by Crippen LogP contribution is 2.17. The van der Waals surface area contributed by atoms with Crippen LogP contribution in [0.4, 0.5) is 0 Å². The summed E-state index contributed by atoms with van der Waals surface area (Å²) in [5.41, 5.74) is 0. The van der Waals surface area contributed by atoms with Crippen LogP contribution in [0.5, 0.6) is 0 Å². The molecule has 0 fully saturated rings. The van der Waals surface area contributed by atoms with Crippen LogP contribution in [-0.4, -0.2) is 46.9 Å². The summed E-state index contributed by atoms with van der Waals surface area (Å²) in [7, 11) is 0. The summed E-state index contributed by atoms with van der Waals surface area (Å²) in [6, 6.07) is -0.742. The summed E-state index contributed by atoms with van der Waals surface area (Å²) in [4.78, 5) is 26.1. The van der Waals surface area contributed by atoms with E-state index in [2.05, 4.69) is 56.5 Å². The number of hydrogen-bond donors (Lipinski definition) is 3. The van der Waals surface area contributed by atoms with Crippen LogP contribution in [0.1, 0.15) is 233 Å². The summed E-state index contributed by atoms with van der Waals surface area (Å²) >= 11 is 0. The molecule has 0 aromatic carbocycles. The van der Waals surface area contributed by atoms with E-state index in [4.69, 9.17) is 4.74 Å². The first kappa shape index (κ1) is 60.8. The zero-order valence-electron chi connectivity index (χ0n) is 41.6. The molecule has 0 saturated carbocycles. The number of carbonyl (C=O) groups is 2. The second-order valence-electron chi connectivity index (χ2n) is 17.7. The van der Waals surface area contributed by atoms with E-state index < -0.39 is 18.2 Å². The minimum atomic E-state index is -0.822. The molecule has 0 aromatic heterocycles. The van der Waals surface area contributed by atoms with Gasteiger partial charge in [-0.3, -0.25) is 9.59 Å². The molecular weight excluding hydrogens is 791 g/mol. The molecule has 6 nitrogen and oxygen atoms in total. The van der Waals surface area contributed by atoms with Gasteiger partial charge in [0.1, 0.15) is 6.10 Å². The van der Waals surface area contributed by atoms with Crippen molar-refractivity contribution in [3.8, 4) is 0 Å². The number of hydrogen-bond acceptors (Lipinski definition) is 5. The first-order chi connectivity index (χ1) is 31.5. The highest BCUT2D eigenvalue weighted by Gasteiger charge is 2.23. The van der Waals surface area contributed by atoms with E-state index in [0.29, 0.717) is 19.3 Å². The van der Waals surface area contributed by atoms with Gasteiger partial charge in [-0.05, 0) is 57.8 Å². The van der Waals surface area contributed by atoms with Gasteiger partial charge in [0.2, 0.25) is 5.91 Å². The number of rotatable bonds is 46. The van der Waals surface area contributed by atoms with Crippen molar-refractivity contribution in [1.29, 1.82) is 0 Å². The van der Waals surface area contributed by atoms with E-state index in [-0.39, 0.29) is 31.3 Å². The normalized spacial score (nSPS) is 14.0. The molecule has 0 radical (unpaired) electrons. The first-order valence-electron chi connectivity index (χ1n) is 26.5. The van der Waals surface area contributed by atoms with Gasteiger partial charge in [-0.1, -0.05) is 259 Å². The number of unbranched alkanes of at least 4 members (excludes halogenated alkanes) is 23. The number of carbonyl (C=O) groups excluding carboxylic acids is 2. The Morgan fingerprint density at radius 1 is 0.484 bits per heavy atom. The Labute approximate surface area is 395 Å². The van der Waals surface area contributed by atoms with Crippen molar-refractivity contribution in [2.45, 2.75) is 251 Å².